The van der Waals surface area contributed by atoms with Gasteiger partial charge in [-0.1, -0.05) is 31.0 Å². The molecule has 3 rings (SSSR count). The highest BCUT2D eigenvalue weighted by atomic mass is 19.1. The SMILES string of the molecule is O=C(O[C@H](C(=O)NC1CCCC1)c1ccccc1F)c1ccco1. The fourth-order valence-electron chi connectivity index (χ4n) is 2.85. The van der Waals surface area contributed by atoms with Crippen LogP contribution in [0.4, 0.5) is 4.39 Å². The van der Waals surface area contributed by atoms with Gasteiger partial charge in [0.05, 0.1) is 6.26 Å². The number of amides is 1. The minimum Gasteiger partial charge on any atom is -0.457 e. The number of esters is 1. The van der Waals surface area contributed by atoms with E-state index in [9.17, 15) is 14.0 Å². The van der Waals surface area contributed by atoms with Gasteiger partial charge < -0.3 is 14.5 Å². The van der Waals surface area contributed by atoms with Crippen molar-refractivity contribution in [3.63, 3.8) is 0 Å². The molecule has 1 fully saturated rings. The monoisotopic (exact) mass is 331 g/mol. The molecule has 126 valence electrons. The van der Waals surface area contributed by atoms with Crippen LogP contribution >= 0.6 is 0 Å². The Morgan fingerprint density at radius 2 is 1.92 bits per heavy atom. The maximum atomic E-state index is 14.1. The van der Waals surface area contributed by atoms with Crippen LogP contribution in [-0.2, 0) is 9.53 Å². The molecule has 1 aliphatic carbocycles. The lowest BCUT2D eigenvalue weighted by Crippen LogP contribution is -2.38. The lowest BCUT2D eigenvalue weighted by Gasteiger charge is -2.20. The summed E-state index contributed by atoms with van der Waals surface area (Å²) in [6, 6.07) is 8.76. The van der Waals surface area contributed by atoms with E-state index in [4.69, 9.17) is 9.15 Å². The van der Waals surface area contributed by atoms with E-state index in [2.05, 4.69) is 5.32 Å². The van der Waals surface area contributed by atoms with Crippen LogP contribution in [0.5, 0.6) is 0 Å². The molecule has 1 atom stereocenters. The van der Waals surface area contributed by atoms with Crippen molar-refractivity contribution in [1.29, 1.82) is 0 Å². The second kappa shape index (κ2) is 7.29. The molecule has 0 unspecified atom stereocenters. The molecule has 1 aromatic carbocycles. The molecule has 1 aliphatic rings. The first-order valence-electron chi connectivity index (χ1n) is 7.94. The number of hydrogen-bond donors (Lipinski definition) is 1. The Hall–Kier alpha value is -2.63. The summed E-state index contributed by atoms with van der Waals surface area (Å²) < 4.78 is 24.3. The van der Waals surface area contributed by atoms with Gasteiger partial charge in [0.2, 0.25) is 11.9 Å². The number of nitrogens with one attached hydrogen (secondary N) is 1. The summed E-state index contributed by atoms with van der Waals surface area (Å²) in [4.78, 5) is 24.7. The van der Waals surface area contributed by atoms with E-state index in [1.54, 1.807) is 6.07 Å². The normalized spacial score (nSPS) is 15.9. The number of ether oxygens (including phenoxy) is 1. The van der Waals surface area contributed by atoms with E-state index in [-0.39, 0.29) is 17.4 Å². The summed E-state index contributed by atoms with van der Waals surface area (Å²) >= 11 is 0. The number of halogens is 1. The average Bonchev–Trinajstić information content (AvgIpc) is 3.26. The van der Waals surface area contributed by atoms with Gasteiger partial charge in [0.25, 0.3) is 5.91 Å². The third-order valence-electron chi connectivity index (χ3n) is 4.07. The first kappa shape index (κ1) is 16.2. The number of carbonyl (C=O) groups excluding carboxylic acids is 2. The van der Waals surface area contributed by atoms with Crippen LogP contribution in [0, 0.1) is 5.82 Å². The second-order valence-electron chi connectivity index (χ2n) is 5.77. The van der Waals surface area contributed by atoms with Crippen LogP contribution in [0.15, 0.2) is 47.1 Å². The van der Waals surface area contributed by atoms with Crippen LogP contribution in [0.3, 0.4) is 0 Å². The zero-order chi connectivity index (χ0) is 16.9. The van der Waals surface area contributed by atoms with E-state index in [1.807, 2.05) is 0 Å². The third-order valence-corrected chi connectivity index (χ3v) is 4.07. The van der Waals surface area contributed by atoms with Crippen LogP contribution in [0.25, 0.3) is 0 Å². The number of furan rings is 1. The van der Waals surface area contributed by atoms with Crippen LogP contribution in [-0.4, -0.2) is 17.9 Å². The van der Waals surface area contributed by atoms with Crippen molar-refractivity contribution in [3.05, 3.63) is 59.8 Å². The molecule has 1 N–H and O–H groups in total. The summed E-state index contributed by atoms with van der Waals surface area (Å²) in [6.07, 6.45) is 3.81. The minimum absolute atomic E-state index is 0.0212. The van der Waals surface area contributed by atoms with Gasteiger partial charge in [-0.05, 0) is 31.0 Å². The molecule has 5 nitrogen and oxygen atoms in total. The Morgan fingerprint density at radius 1 is 1.17 bits per heavy atom. The molecule has 0 aliphatic heterocycles. The Morgan fingerprint density at radius 3 is 2.58 bits per heavy atom. The second-order valence-corrected chi connectivity index (χ2v) is 5.77. The molecule has 6 heteroatoms. The topological polar surface area (TPSA) is 68.5 Å². The minimum atomic E-state index is -1.36. The highest BCUT2D eigenvalue weighted by Gasteiger charge is 2.31. The maximum Gasteiger partial charge on any atom is 0.375 e. The lowest BCUT2D eigenvalue weighted by atomic mass is 10.1. The van der Waals surface area contributed by atoms with Crippen LogP contribution < -0.4 is 5.32 Å². The van der Waals surface area contributed by atoms with E-state index >= 15 is 0 Å². The van der Waals surface area contributed by atoms with Gasteiger partial charge in [0, 0.05) is 11.6 Å². The third kappa shape index (κ3) is 3.64. The molecule has 0 spiro atoms. The molecule has 1 amide bonds. The van der Waals surface area contributed by atoms with E-state index < -0.39 is 23.8 Å². The van der Waals surface area contributed by atoms with E-state index in [0.717, 1.165) is 25.7 Å². The van der Waals surface area contributed by atoms with Crippen molar-refractivity contribution < 1.29 is 23.1 Å². The summed E-state index contributed by atoms with van der Waals surface area (Å²) in [7, 11) is 0. The van der Waals surface area contributed by atoms with E-state index in [0.29, 0.717) is 0 Å². The Labute approximate surface area is 138 Å². The first-order valence-corrected chi connectivity index (χ1v) is 7.94. The van der Waals surface area contributed by atoms with Gasteiger partial charge in [-0.15, -0.1) is 0 Å². The number of hydrogen-bond acceptors (Lipinski definition) is 4. The quantitative estimate of drug-likeness (QED) is 0.853. The molecule has 1 saturated carbocycles. The zero-order valence-corrected chi connectivity index (χ0v) is 13.0. The van der Waals surface area contributed by atoms with Crippen molar-refractivity contribution in [3.8, 4) is 0 Å². The van der Waals surface area contributed by atoms with Crippen LogP contribution in [0.1, 0.15) is 47.9 Å². The van der Waals surface area contributed by atoms with Gasteiger partial charge in [-0.3, -0.25) is 4.79 Å². The number of rotatable bonds is 5. The molecule has 2 aromatic rings. The van der Waals surface area contributed by atoms with Gasteiger partial charge in [0.1, 0.15) is 5.82 Å². The van der Waals surface area contributed by atoms with Gasteiger partial charge in [-0.25, -0.2) is 9.18 Å². The molecule has 1 aromatic heterocycles. The predicted molar refractivity (Wildman–Crippen MR) is 83.7 cm³/mol. The fourth-order valence-corrected chi connectivity index (χ4v) is 2.85. The van der Waals surface area contributed by atoms with Gasteiger partial charge in [0.15, 0.2) is 0 Å². The smallest absolute Gasteiger partial charge is 0.375 e. The Bertz CT molecular complexity index is 708. The predicted octanol–water partition coefficient (Wildman–Crippen LogP) is 3.38. The van der Waals surface area contributed by atoms with E-state index in [1.165, 1.54) is 36.6 Å². The molecule has 24 heavy (non-hydrogen) atoms. The molecular weight excluding hydrogens is 313 g/mol. The number of benzene rings is 1. The molecule has 0 saturated heterocycles. The standard InChI is InChI=1S/C18H18FNO4/c19-14-9-4-3-8-13(14)16(17(21)20-12-6-1-2-7-12)24-18(22)15-10-5-11-23-15/h3-5,8-12,16H,1-2,6-7H2,(H,20,21)/t16-/m0/s1. The first-order chi connectivity index (χ1) is 11.6. The van der Waals surface area contributed by atoms with Crippen molar-refractivity contribution in [2.24, 2.45) is 0 Å². The maximum absolute atomic E-state index is 14.1. The highest BCUT2D eigenvalue weighted by Crippen LogP contribution is 2.25. The van der Waals surface area contributed by atoms with Crippen molar-refractivity contribution in [1.82, 2.24) is 5.32 Å². The fraction of sp³-hybridized carbons (Fsp3) is 0.333. The average molecular weight is 331 g/mol. The molecule has 0 radical (unpaired) electrons. The van der Waals surface area contributed by atoms with Crippen molar-refractivity contribution in [2.75, 3.05) is 0 Å². The molecular formula is C18H18FNO4. The van der Waals surface area contributed by atoms with Crippen LogP contribution in [0.2, 0.25) is 0 Å². The van der Waals surface area contributed by atoms with Crippen molar-refractivity contribution in [2.45, 2.75) is 37.8 Å². The lowest BCUT2D eigenvalue weighted by molar-refractivity contribution is -0.131. The Kier molecular flexibility index (Phi) is 4.93. The van der Waals surface area contributed by atoms with Gasteiger partial charge in [-0.2, -0.15) is 0 Å². The number of carbonyl (C=O) groups is 2. The zero-order valence-electron chi connectivity index (χ0n) is 13.0. The Balaban J connectivity index is 1.81. The highest BCUT2D eigenvalue weighted by molar-refractivity contribution is 5.90. The van der Waals surface area contributed by atoms with Crippen molar-refractivity contribution >= 4 is 11.9 Å². The van der Waals surface area contributed by atoms with Gasteiger partial charge >= 0.3 is 5.97 Å². The summed E-state index contributed by atoms with van der Waals surface area (Å²) in [5.41, 5.74) is 0.0212. The summed E-state index contributed by atoms with van der Waals surface area (Å²) in [5, 5.41) is 2.84. The summed E-state index contributed by atoms with van der Waals surface area (Å²) in [6.45, 7) is 0. The molecule has 1 heterocycles. The molecule has 0 bridgehead atoms. The summed E-state index contributed by atoms with van der Waals surface area (Å²) in [5.74, 6) is -1.97. The largest absolute Gasteiger partial charge is 0.457 e.